The summed E-state index contributed by atoms with van der Waals surface area (Å²) in [6, 6.07) is 9.23. The number of aromatic carboxylic acids is 1. The number of alkyl halides is 4. The molecule has 2 aromatic carbocycles. The minimum atomic E-state index is -4.71. The normalized spacial score (nSPS) is 11.3. The van der Waals surface area contributed by atoms with E-state index in [4.69, 9.17) is 61.8 Å². The second-order valence-corrected chi connectivity index (χ2v) is 24.0. The summed E-state index contributed by atoms with van der Waals surface area (Å²) in [5.41, 5.74) is -0.854. The van der Waals surface area contributed by atoms with Crippen LogP contribution in [-0.2, 0) is 34.8 Å². The van der Waals surface area contributed by atoms with Crippen LogP contribution in [-0.4, -0.2) is 167 Å². The standard InChI is InChI=1S/C15H18Cl2N2O3.C15H18N6O6S.C14H10F4N4O7S.C3H8NO5P/c1-8(2)21-12-7-11(9(16)6-10(12)17)19-14(20)22-13(18-19)15(3,4)5;1-21(2)13(22)9-6-5-7-16-12(9)28(24,25)20-15(23)19-14-17-10(26-3)8-11(18-14)27-4;15-11(16)28-8-5-9(29-12(17)18)20-13(19-8)21-14(25)22-30(26,27)7-4-2-1-3-6(7)10(23)24;5-3(6)1-4-2-10(7,8)9/h6-8H,1-5H3;5-8H,1-4H3,(H2,17,18,19,20,23);1-5,11-12H,(H,23,24)(H2,19,20,21,22,25);4H,1-2H2,(H,5,6)(H2,7,8,9). The number of rotatable bonds is 21. The van der Waals surface area contributed by atoms with Gasteiger partial charge in [0, 0.05) is 31.8 Å². The van der Waals surface area contributed by atoms with Gasteiger partial charge in [-0.1, -0.05) is 56.1 Å². The number of nitrogens with one attached hydrogen (secondary N) is 5. The smallest absolute Gasteiger partial charge is 0.442 e. The highest BCUT2D eigenvalue weighted by Crippen LogP contribution is 2.34. The molecule has 34 nitrogen and oxygen atoms in total. The minimum absolute atomic E-state index is 0.0642. The Bertz CT molecular complexity index is 3830. The van der Waals surface area contributed by atoms with Crippen molar-refractivity contribution in [2.45, 2.75) is 69.3 Å². The molecule has 0 aliphatic rings. The first-order chi connectivity index (χ1) is 41.7. The van der Waals surface area contributed by atoms with Gasteiger partial charge < -0.3 is 53.0 Å². The Morgan fingerprint density at radius 2 is 1.24 bits per heavy atom. The molecule has 0 radical (unpaired) electrons. The molecule has 0 fully saturated rings. The second-order valence-electron chi connectivity index (χ2n) is 18.3. The average Bonchev–Trinajstić information content (AvgIpc) is 2.08. The van der Waals surface area contributed by atoms with E-state index in [0.717, 1.165) is 16.8 Å². The van der Waals surface area contributed by atoms with E-state index in [2.05, 4.69) is 50.1 Å². The van der Waals surface area contributed by atoms with Crippen molar-refractivity contribution < 1.29 is 111 Å². The molecule has 90 heavy (non-hydrogen) atoms. The van der Waals surface area contributed by atoms with E-state index in [1.165, 1.54) is 80.5 Å². The van der Waals surface area contributed by atoms with Crippen LogP contribution in [0.25, 0.3) is 5.69 Å². The van der Waals surface area contributed by atoms with Gasteiger partial charge in [0.1, 0.15) is 10.6 Å². The molecule has 9 N–H and O–H groups in total. The Balaban J connectivity index is 0.000000330. The summed E-state index contributed by atoms with van der Waals surface area (Å²) in [6.07, 6.45) is 0.527. The molecule has 0 atom stereocenters. The topological polar surface area (TPSA) is 474 Å². The van der Waals surface area contributed by atoms with Crippen LogP contribution < -0.4 is 54.8 Å². The molecule has 6 rings (SSSR count). The van der Waals surface area contributed by atoms with E-state index < -0.39 is 123 Å². The van der Waals surface area contributed by atoms with E-state index in [9.17, 15) is 67.7 Å². The number of sulfonamides is 2. The van der Waals surface area contributed by atoms with Gasteiger partial charge in [0.25, 0.3) is 26.0 Å². The molecule has 0 aliphatic heterocycles. The highest BCUT2D eigenvalue weighted by atomic mass is 35.5. The number of aliphatic carboxylic acids is 1. The summed E-state index contributed by atoms with van der Waals surface area (Å²) < 4.78 is 142. The van der Waals surface area contributed by atoms with Gasteiger partial charge in [-0.15, -0.1) is 5.10 Å². The van der Waals surface area contributed by atoms with Crippen LogP contribution in [0.15, 0.2) is 86.0 Å². The van der Waals surface area contributed by atoms with Gasteiger partial charge in [0.15, 0.2) is 5.03 Å². The van der Waals surface area contributed by atoms with Crippen molar-refractivity contribution in [2.75, 3.05) is 51.8 Å². The monoisotopic (exact) mass is 1380 g/mol. The zero-order chi connectivity index (χ0) is 68.2. The van der Waals surface area contributed by atoms with E-state index in [1.54, 1.807) is 16.1 Å². The number of anilines is 2. The van der Waals surface area contributed by atoms with Crippen LogP contribution in [0.4, 0.5) is 39.0 Å². The van der Waals surface area contributed by atoms with Crippen molar-refractivity contribution in [3.8, 4) is 35.0 Å². The van der Waals surface area contributed by atoms with Crippen molar-refractivity contribution in [1.29, 1.82) is 0 Å². The summed E-state index contributed by atoms with van der Waals surface area (Å²) in [7, 11) is -7.66. The van der Waals surface area contributed by atoms with E-state index >= 15 is 0 Å². The largest absolute Gasteiger partial charge is 0.489 e. The number of nitrogens with zero attached hydrogens (tertiary/aromatic N) is 8. The molecule has 6 aromatic rings. The molecule has 4 aromatic heterocycles. The van der Waals surface area contributed by atoms with Gasteiger partial charge >= 0.3 is 50.6 Å². The number of carbonyl (C=O) groups is 5. The van der Waals surface area contributed by atoms with Crippen LogP contribution in [0.1, 0.15) is 61.2 Å². The van der Waals surface area contributed by atoms with Crippen molar-refractivity contribution >= 4 is 92.6 Å². The van der Waals surface area contributed by atoms with Crippen LogP contribution in [0, 0.1) is 0 Å². The summed E-state index contributed by atoms with van der Waals surface area (Å²) in [5, 5.41) is 27.2. The summed E-state index contributed by atoms with van der Waals surface area (Å²) >= 11 is 12.3. The third-order valence-electron chi connectivity index (χ3n) is 9.55. The highest BCUT2D eigenvalue weighted by Gasteiger charge is 2.29. The van der Waals surface area contributed by atoms with Crippen molar-refractivity contribution in [3.05, 3.63) is 104 Å². The highest BCUT2D eigenvalue weighted by molar-refractivity contribution is 7.90. The number of carboxylic acids is 2. The number of pyridine rings is 1. The van der Waals surface area contributed by atoms with Gasteiger partial charge in [0.2, 0.25) is 41.3 Å². The van der Waals surface area contributed by atoms with E-state index in [1.807, 2.05) is 34.6 Å². The zero-order valence-electron chi connectivity index (χ0n) is 47.8. The van der Waals surface area contributed by atoms with Crippen molar-refractivity contribution in [1.82, 2.24) is 54.4 Å². The molecule has 5 amide bonds. The first kappa shape index (κ1) is 75.2. The Morgan fingerprint density at radius 1 is 0.744 bits per heavy atom. The molecule has 0 saturated carbocycles. The third-order valence-corrected chi connectivity index (χ3v) is 13.5. The second kappa shape index (κ2) is 33.0. The maximum absolute atomic E-state index is 12.5. The number of hydrogen-bond donors (Lipinski definition) is 9. The van der Waals surface area contributed by atoms with Crippen LogP contribution >= 0.6 is 30.8 Å². The molecule has 0 saturated heterocycles. The van der Waals surface area contributed by atoms with Crippen molar-refractivity contribution in [3.63, 3.8) is 0 Å². The lowest BCUT2D eigenvalue weighted by Gasteiger charge is -2.14. The van der Waals surface area contributed by atoms with E-state index in [-0.39, 0.29) is 39.8 Å². The molecule has 43 heteroatoms. The Hall–Kier alpha value is -9.05. The lowest BCUT2D eigenvalue weighted by atomic mass is 9.97. The Kier molecular flexibility index (Phi) is 27.5. The van der Waals surface area contributed by atoms with Gasteiger partial charge in [0.05, 0.1) is 72.1 Å². The number of hydrogen-bond acceptors (Lipinski definition) is 24. The first-order valence-corrected chi connectivity index (χ1v) is 29.8. The number of urea groups is 2. The fourth-order valence-electron chi connectivity index (χ4n) is 5.99. The maximum Gasteiger partial charge on any atom is 0.442 e. The SMILES string of the molecule is CC(C)Oc1cc(-n2nc(C(C)(C)C)oc2=O)c(Cl)cc1Cl.COc1cc(OC)nc(NC(=O)NS(=O)(=O)c2ncccc2C(=O)N(C)C)n1.O=C(Nc1nc(OC(F)F)cc(OC(F)F)n1)NS(=O)(=O)c1ccccc1C(=O)O.O=C(O)CNCP(=O)(O)O. The lowest BCUT2D eigenvalue weighted by Crippen LogP contribution is -2.36. The molecule has 0 spiro atoms. The fraction of sp³-hybridized carbons (Fsp3) is 0.319. The number of halogens is 6. The molecular weight excluding hydrogens is 1320 g/mol. The molecule has 0 aliphatic carbocycles. The molecule has 0 bridgehead atoms. The number of amides is 5. The number of carboxylic acid groups (broad SMARTS) is 2. The Morgan fingerprint density at radius 3 is 1.70 bits per heavy atom. The van der Waals surface area contributed by atoms with Crippen LogP contribution in [0.5, 0.6) is 29.3 Å². The molecule has 492 valence electrons. The van der Waals surface area contributed by atoms with Gasteiger partial charge in [-0.05, 0) is 44.2 Å². The Labute approximate surface area is 516 Å². The predicted molar refractivity (Wildman–Crippen MR) is 304 cm³/mol. The average molecular weight is 1380 g/mol. The fourth-order valence-corrected chi connectivity index (χ4v) is 9.04. The minimum Gasteiger partial charge on any atom is -0.489 e. The number of carbonyl (C=O) groups excluding carboxylic acids is 3. The first-order valence-electron chi connectivity index (χ1n) is 24.3. The molecule has 4 heterocycles. The predicted octanol–water partition coefficient (Wildman–Crippen LogP) is 5.00. The quantitative estimate of drug-likeness (QED) is 0.0338. The number of aromatic nitrogens is 7. The number of ether oxygens (including phenoxy) is 5. The number of benzene rings is 2. The lowest BCUT2D eigenvalue weighted by molar-refractivity contribution is -0.135. The molecule has 0 unspecified atom stereocenters. The third kappa shape index (κ3) is 24.5. The molecular formula is C47H54Cl2F4N13O21PS2. The van der Waals surface area contributed by atoms with Gasteiger partial charge in [-0.25, -0.2) is 42.0 Å². The summed E-state index contributed by atoms with van der Waals surface area (Å²) in [5.74, 6) is -6.11. The van der Waals surface area contributed by atoms with Gasteiger partial charge in [-0.3, -0.25) is 30.1 Å². The summed E-state index contributed by atoms with van der Waals surface area (Å²) in [4.78, 5) is 104. The zero-order valence-corrected chi connectivity index (χ0v) is 51.9. The van der Waals surface area contributed by atoms with Crippen LogP contribution in [0.3, 0.4) is 0 Å². The maximum atomic E-state index is 12.5. The van der Waals surface area contributed by atoms with Crippen LogP contribution in [0.2, 0.25) is 10.0 Å². The van der Waals surface area contributed by atoms with Gasteiger partial charge in [-0.2, -0.15) is 50.6 Å². The summed E-state index contributed by atoms with van der Waals surface area (Å²) in [6.45, 7) is 2.21. The van der Waals surface area contributed by atoms with E-state index in [0.29, 0.717) is 28.4 Å². The number of methoxy groups -OCH3 is 2. The van der Waals surface area contributed by atoms with Crippen molar-refractivity contribution in [2.24, 2.45) is 0 Å².